The molecule has 0 aliphatic carbocycles. The van der Waals surface area contributed by atoms with Gasteiger partial charge in [-0.15, -0.1) is 41.8 Å². The number of pyridine rings is 1. The van der Waals surface area contributed by atoms with Gasteiger partial charge < -0.3 is 19.1 Å². The second-order valence-electron chi connectivity index (χ2n) is 7.70. The van der Waals surface area contributed by atoms with Gasteiger partial charge in [-0.2, -0.15) is 19.3 Å². The Hall–Kier alpha value is -1.15. The molecule has 36 heavy (non-hydrogen) atoms. The van der Waals surface area contributed by atoms with Gasteiger partial charge in [0.05, 0.1) is 5.69 Å². The Balaban J connectivity index is 0. The minimum absolute atomic E-state index is 0. The molecule has 0 fully saturated rings. The molecule has 0 atom stereocenters. The van der Waals surface area contributed by atoms with Crippen molar-refractivity contribution in [2.45, 2.75) is 59.8 Å². The smallest absolute Gasteiger partial charge is 0.397 e. The van der Waals surface area contributed by atoms with Gasteiger partial charge in [0.25, 0.3) is 0 Å². The Bertz CT molecular complexity index is 937. The minimum atomic E-state index is -2.13. The van der Waals surface area contributed by atoms with E-state index >= 15 is 0 Å². The van der Waals surface area contributed by atoms with E-state index in [0.717, 1.165) is 23.3 Å². The summed E-state index contributed by atoms with van der Waals surface area (Å²) < 4.78 is 22.7. The number of nitrogens with two attached hydrogens (primary N) is 1. The number of aromatic nitrogens is 1. The van der Waals surface area contributed by atoms with Crippen LogP contribution in [-0.4, -0.2) is 16.3 Å². The number of nitrogens with zero attached hydrogens (tertiary/aromatic N) is 1. The Morgan fingerprint density at radius 2 is 1.64 bits per heavy atom. The zero-order valence-corrected chi connectivity index (χ0v) is 26.3. The van der Waals surface area contributed by atoms with E-state index in [1.165, 1.54) is 16.7 Å². The molecule has 0 radical (unpaired) electrons. The maximum Gasteiger partial charge on any atom is 1.00 e. The zero-order valence-electron chi connectivity index (χ0n) is 22.4. The third-order valence-electron chi connectivity index (χ3n) is 4.22. The Morgan fingerprint density at radius 1 is 1.03 bits per heavy atom. The predicted octanol–water partition coefficient (Wildman–Crippen LogP) is 5.88. The first-order valence-corrected chi connectivity index (χ1v) is 12.2. The van der Waals surface area contributed by atoms with Gasteiger partial charge in [-0.05, 0) is 26.3 Å². The van der Waals surface area contributed by atoms with Crippen LogP contribution in [0.5, 0.6) is 0 Å². The van der Waals surface area contributed by atoms with Gasteiger partial charge >= 0.3 is 51.4 Å². The van der Waals surface area contributed by atoms with Gasteiger partial charge in [0, 0.05) is 22.8 Å². The number of nitrogen functional groups attached to an aromatic ring is 1. The number of thiocarbonyl (C=S) groups is 1. The monoisotopic (exact) mass is 536 g/mol. The van der Waals surface area contributed by atoms with Gasteiger partial charge in [-0.3, -0.25) is 4.98 Å². The maximum atomic E-state index is 11.3. The van der Waals surface area contributed by atoms with E-state index in [0.29, 0.717) is 12.1 Å². The second kappa shape index (κ2) is 24.2. The van der Waals surface area contributed by atoms with E-state index in [1.54, 1.807) is 12.4 Å². The molecular formula is C30H39F2KN2S-2. The van der Waals surface area contributed by atoms with Crippen LogP contribution in [0.4, 0.5) is 14.5 Å². The fourth-order valence-electron chi connectivity index (χ4n) is 2.60. The summed E-state index contributed by atoms with van der Waals surface area (Å²) in [6.07, 6.45) is 7.70. The second-order valence-corrected chi connectivity index (χ2v) is 8.31. The summed E-state index contributed by atoms with van der Waals surface area (Å²) in [6.45, 7) is 11.4. The number of hydrogen-bond acceptors (Lipinski definition) is 3. The van der Waals surface area contributed by atoms with E-state index in [1.807, 2.05) is 39.3 Å². The van der Waals surface area contributed by atoms with Crippen LogP contribution >= 0.6 is 12.2 Å². The van der Waals surface area contributed by atoms with E-state index in [-0.39, 0.29) is 57.8 Å². The van der Waals surface area contributed by atoms with E-state index < -0.39 is 6.43 Å². The van der Waals surface area contributed by atoms with Crippen LogP contribution in [0.3, 0.4) is 0 Å². The number of anilines is 1. The molecule has 3 rings (SSSR count). The topological polar surface area (TPSA) is 38.9 Å². The number of hydrogen-bond donors (Lipinski definition) is 1. The molecule has 192 valence electrons. The van der Waals surface area contributed by atoms with Crippen molar-refractivity contribution in [2.24, 2.45) is 0 Å². The number of aryl methyl sites for hydroxylation is 1. The summed E-state index contributed by atoms with van der Waals surface area (Å²) in [6, 6.07) is 20.7. The van der Waals surface area contributed by atoms with Crippen LogP contribution in [0.1, 0.15) is 68.7 Å². The van der Waals surface area contributed by atoms with Crippen LogP contribution in [0.25, 0.3) is 0 Å². The van der Waals surface area contributed by atoms with Gasteiger partial charge in [-0.25, -0.2) is 8.78 Å². The van der Waals surface area contributed by atoms with Crippen LogP contribution in [0.15, 0.2) is 73.1 Å². The number of unbranched alkanes of at least 4 members (excludes halogenated alkanes) is 2. The SMILES string of the molecule is CC(=S)c1cncc(N)c1.CC[CH-]CCC(F)F.Cc1cccc([CH-]c2ccccc2)c1.[CH2-]CC.[K+]. The largest absolute Gasteiger partial charge is 1.00 e. The first kappa shape index (κ1) is 37.0. The summed E-state index contributed by atoms with van der Waals surface area (Å²) in [5.74, 6) is 0. The molecule has 3 aromatic rings. The van der Waals surface area contributed by atoms with Crippen molar-refractivity contribution < 1.29 is 60.2 Å². The third-order valence-corrected chi connectivity index (χ3v) is 4.45. The molecule has 0 unspecified atom stereocenters. The molecule has 0 aliphatic rings. The fraction of sp³-hybridized carbons (Fsp3) is 0.300. The average molecular weight is 537 g/mol. The molecule has 0 saturated heterocycles. The summed E-state index contributed by atoms with van der Waals surface area (Å²) in [5.41, 5.74) is 10.9. The summed E-state index contributed by atoms with van der Waals surface area (Å²) in [7, 11) is 0. The summed E-state index contributed by atoms with van der Waals surface area (Å²) in [4.78, 5) is 4.71. The van der Waals surface area contributed by atoms with Crippen LogP contribution in [-0.2, 0) is 0 Å². The molecule has 0 saturated carbocycles. The van der Waals surface area contributed by atoms with E-state index in [4.69, 9.17) is 18.0 Å². The van der Waals surface area contributed by atoms with Gasteiger partial charge in [0.15, 0.2) is 0 Å². The molecule has 2 N–H and O–H groups in total. The fourth-order valence-corrected chi connectivity index (χ4v) is 2.71. The van der Waals surface area contributed by atoms with Crippen LogP contribution < -0.4 is 57.1 Å². The predicted molar refractivity (Wildman–Crippen MR) is 152 cm³/mol. The maximum absolute atomic E-state index is 11.3. The standard InChI is InChI=1S/C14H13.C7H8N2S.C6H11F2.C3H7.K/c1-12-6-5-9-14(10-12)11-13-7-3-2-4-8-13;1-5(10)6-2-7(8)4-9-3-6;1-2-3-4-5-6(7)8;1-3-2;/h2-11H,1H3;2-4H,8H2,1H3;3,6H,2,4-5H2,1H3;1,3H2,2H3;/q-1;;2*-1;+1. The van der Waals surface area contributed by atoms with E-state index in [2.05, 4.69) is 73.8 Å². The first-order valence-electron chi connectivity index (χ1n) is 11.8. The molecule has 0 spiro atoms. The van der Waals surface area contributed by atoms with Crippen molar-refractivity contribution in [3.63, 3.8) is 0 Å². The van der Waals surface area contributed by atoms with Crippen LogP contribution in [0.2, 0.25) is 0 Å². The number of alkyl halides is 2. The normalized spacial score (nSPS) is 9.22. The Kier molecular flexibility index (Phi) is 24.9. The summed E-state index contributed by atoms with van der Waals surface area (Å²) in [5, 5.41) is 0. The molecule has 2 aromatic carbocycles. The zero-order chi connectivity index (χ0) is 26.5. The number of halogens is 2. The van der Waals surface area contributed by atoms with Crippen LogP contribution in [0, 0.1) is 26.7 Å². The van der Waals surface area contributed by atoms with Crippen molar-refractivity contribution in [3.8, 4) is 0 Å². The third kappa shape index (κ3) is 21.0. The van der Waals surface area contributed by atoms with Crippen molar-refractivity contribution in [3.05, 3.63) is 115 Å². The molecule has 0 aliphatic heterocycles. The molecule has 2 nitrogen and oxygen atoms in total. The van der Waals surface area contributed by atoms with Gasteiger partial charge in [0.1, 0.15) is 0 Å². The van der Waals surface area contributed by atoms with Crippen molar-refractivity contribution in [2.75, 3.05) is 5.73 Å². The molecular weight excluding hydrogens is 498 g/mol. The average Bonchev–Trinajstić information content (AvgIpc) is 2.81. The van der Waals surface area contributed by atoms with Crippen molar-refractivity contribution >= 4 is 22.8 Å². The molecule has 1 heterocycles. The van der Waals surface area contributed by atoms with Gasteiger partial charge in [-0.1, -0.05) is 62.0 Å². The number of rotatable bonds is 7. The Labute approximate surface area is 265 Å². The summed E-state index contributed by atoms with van der Waals surface area (Å²) >= 11 is 4.93. The molecule has 0 amide bonds. The van der Waals surface area contributed by atoms with Crippen molar-refractivity contribution in [1.29, 1.82) is 0 Å². The number of benzene rings is 2. The quantitative estimate of drug-likeness (QED) is 0.135. The van der Waals surface area contributed by atoms with Crippen molar-refractivity contribution in [1.82, 2.24) is 4.98 Å². The minimum Gasteiger partial charge on any atom is -0.397 e. The van der Waals surface area contributed by atoms with Gasteiger partial charge in [0.2, 0.25) is 6.43 Å². The molecule has 6 heteroatoms. The molecule has 1 aromatic heterocycles. The Morgan fingerprint density at radius 3 is 2.11 bits per heavy atom. The molecule has 0 bridgehead atoms. The first-order chi connectivity index (χ1) is 16.7. The van der Waals surface area contributed by atoms with E-state index in [9.17, 15) is 8.78 Å².